The minimum Gasteiger partial charge on any atom is -0.497 e. The van der Waals surface area contributed by atoms with E-state index in [1.165, 1.54) is 16.4 Å². The van der Waals surface area contributed by atoms with Crippen LogP contribution in [0.1, 0.15) is 41.5 Å². The zero-order valence-corrected chi connectivity index (χ0v) is 18.7. The van der Waals surface area contributed by atoms with Gasteiger partial charge in [-0.1, -0.05) is 18.2 Å². The summed E-state index contributed by atoms with van der Waals surface area (Å²) < 4.78 is 49.5. The molecule has 1 unspecified atom stereocenters. The Kier molecular flexibility index (Phi) is 5.85. The molecule has 0 spiro atoms. The largest absolute Gasteiger partial charge is 0.497 e. The molecule has 3 aromatic rings. The van der Waals surface area contributed by atoms with Gasteiger partial charge in [0.25, 0.3) is 0 Å². The molecule has 1 aliphatic rings. The highest BCUT2D eigenvalue weighted by atomic mass is 32.2. The summed E-state index contributed by atoms with van der Waals surface area (Å²) in [6.07, 6.45) is 3.18. The van der Waals surface area contributed by atoms with Gasteiger partial charge in [-0.2, -0.15) is 4.31 Å². The van der Waals surface area contributed by atoms with Gasteiger partial charge in [0.2, 0.25) is 10.0 Å². The molecule has 4 rings (SSSR count). The van der Waals surface area contributed by atoms with E-state index in [4.69, 9.17) is 4.74 Å². The molecule has 164 valence electrons. The number of nitrogens with zero attached hydrogens (tertiary/aromatic N) is 3. The van der Waals surface area contributed by atoms with Crippen LogP contribution >= 0.6 is 0 Å². The van der Waals surface area contributed by atoms with Crippen molar-refractivity contribution in [2.45, 2.75) is 44.2 Å². The summed E-state index contributed by atoms with van der Waals surface area (Å²) in [5.41, 5.74) is 2.55. The third-order valence-corrected chi connectivity index (χ3v) is 7.87. The van der Waals surface area contributed by atoms with Crippen molar-refractivity contribution in [3.8, 4) is 5.75 Å². The number of ether oxygens (including phenoxy) is 1. The van der Waals surface area contributed by atoms with Crippen molar-refractivity contribution in [3.05, 3.63) is 77.1 Å². The molecule has 0 saturated carbocycles. The van der Waals surface area contributed by atoms with E-state index in [-0.39, 0.29) is 10.9 Å². The first-order valence-electron chi connectivity index (χ1n) is 10.2. The molecule has 2 aromatic carbocycles. The molecular weight excluding hydrogens is 417 g/mol. The molecule has 1 atom stereocenters. The van der Waals surface area contributed by atoms with Gasteiger partial charge in [0.15, 0.2) is 0 Å². The number of aromatic nitrogens is 2. The zero-order valence-electron chi connectivity index (χ0n) is 17.9. The van der Waals surface area contributed by atoms with Crippen molar-refractivity contribution in [3.63, 3.8) is 0 Å². The Morgan fingerprint density at radius 3 is 2.61 bits per heavy atom. The number of halogens is 1. The monoisotopic (exact) mass is 443 g/mol. The van der Waals surface area contributed by atoms with E-state index < -0.39 is 15.8 Å². The molecule has 31 heavy (non-hydrogen) atoms. The summed E-state index contributed by atoms with van der Waals surface area (Å²) in [7, 11) is -2.23. The van der Waals surface area contributed by atoms with Crippen molar-refractivity contribution < 1.29 is 17.5 Å². The van der Waals surface area contributed by atoms with Crippen molar-refractivity contribution in [2.75, 3.05) is 13.7 Å². The van der Waals surface area contributed by atoms with E-state index in [1.54, 1.807) is 20.2 Å². The number of hydrogen-bond donors (Lipinski definition) is 0. The van der Waals surface area contributed by atoms with E-state index in [1.807, 2.05) is 31.2 Å². The molecule has 1 aromatic heterocycles. The maximum Gasteiger partial charge on any atom is 0.244 e. The highest BCUT2D eigenvalue weighted by Crippen LogP contribution is 2.37. The summed E-state index contributed by atoms with van der Waals surface area (Å²) in [6.45, 7) is 4.61. The third kappa shape index (κ3) is 4.09. The van der Waals surface area contributed by atoms with Crippen LogP contribution in [-0.4, -0.2) is 35.9 Å². The van der Waals surface area contributed by atoms with Crippen LogP contribution in [0.5, 0.6) is 5.75 Å². The number of aryl methyl sites for hydroxylation is 2. The predicted molar refractivity (Wildman–Crippen MR) is 116 cm³/mol. The molecule has 0 bridgehead atoms. The minimum atomic E-state index is -3.86. The fourth-order valence-electron chi connectivity index (χ4n) is 4.13. The molecule has 0 N–H and O–H groups in total. The summed E-state index contributed by atoms with van der Waals surface area (Å²) in [6, 6.07) is 11.3. The second kappa shape index (κ2) is 8.43. The average Bonchev–Trinajstić information content (AvgIpc) is 3.38. The molecule has 0 amide bonds. The van der Waals surface area contributed by atoms with Crippen LogP contribution in [0, 0.1) is 19.7 Å². The van der Waals surface area contributed by atoms with Crippen molar-refractivity contribution >= 4 is 10.0 Å². The lowest BCUT2D eigenvalue weighted by atomic mass is 10.2. The lowest BCUT2D eigenvalue weighted by molar-refractivity contribution is 0.373. The van der Waals surface area contributed by atoms with Crippen molar-refractivity contribution in [2.24, 2.45) is 0 Å². The molecule has 1 saturated heterocycles. The fourth-order valence-corrected chi connectivity index (χ4v) is 6.02. The number of rotatable bonds is 6. The van der Waals surface area contributed by atoms with Crippen molar-refractivity contribution in [1.29, 1.82) is 0 Å². The summed E-state index contributed by atoms with van der Waals surface area (Å²) in [5, 5.41) is 0. The number of hydrogen-bond acceptors (Lipinski definition) is 4. The summed E-state index contributed by atoms with van der Waals surface area (Å²) in [4.78, 5) is 4.60. The Bertz CT molecular complexity index is 1190. The average molecular weight is 444 g/mol. The van der Waals surface area contributed by atoms with Crippen LogP contribution in [0.4, 0.5) is 4.39 Å². The Balaban J connectivity index is 1.68. The SMILES string of the molecule is COc1ccc(Cn2c(C)cnc2C2CCCN2S(=O)(=O)c2cc(F)ccc2C)cc1. The second-order valence-electron chi connectivity index (χ2n) is 7.88. The normalized spacial score (nSPS) is 17.2. The van der Waals surface area contributed by atoms with Crippen LogP contribution in [0.3, 0.4) is 0 Å². The van der Waals surface area contributed by atoms with E-state index in [0.717, 1.165) is 29.5 Å². The molecule has 2 heterocycles. The molecular formula is C23H26FN3O3S. The Hall–Kier alpha value is -2.71. The number of benzene rings is 2. The fraction of sp³-hybridized carbons (Fsp3) is 0.348. The van der Waals surface area contributed by atoms with Gasteiger partial charge in [0, 0.05) is 25.0 Å². The Morgan fingerprint density at radius 2 is 1.90 bits per heavy atom. The topological polar surface area (TPSA) is 64.4 Å². The van der Waals surface area contributed by atoms with Crippen LogP contribution in [0.25, 0.3) is 0 Å². The van der Waals surface area contributed by atoms with Crippen LogP contribution in [-0.2, 0) is 16.6 Å². The highest BCUT2D eigenvalue weighted by Gasteiger charge is 2.39. The molecule has 8 heteroatoms. The molecule has 1 fully saturated rings. The van der Waals surface area contributed by atoms with Gasteiger partial charge in [-0.3, -0.25) is 0 Å². The maximum atomic E-state index is 13.8. The molecule has 1 aliphatic heterocycles. The summed E-state index contributed by atoms with van der Waals surface area (Å²) in [5.74, 6) is 0.935. The van der Waals surface area contributed by atoms with E-state index in [2.05, 4.69) is 9.55 Å². The van der Waals surface area contributed by atoms with Crippen LogP contribution < -0.4 is 4.74 Å². The zero-order chi connectivity index (χ0) is 22.2. The first-order chi connectivity index (χ1) is 14.8. The van der Waals surface area contributed by atoms with Gasteiger partial charge >= 0.3 is 0 Å². The quantitative estimate of drug-likeness (QED) is 0.572. The number of sulfonamides is 1. The first-order valence-corrected chi connectivity index (χ1v) is 11.7. The Labute approximate surface area is 182 Å². The Morgan fingerprint density at radius 1 is 1.16 bits per heavy atom. The van der Waals surface area contributed by atoms with Gasteiger partial charge in [-0.15, -0.1) is 0 Å². The van der Waals surface area contributed by atoms with E-state index in [9.17, 15) is 12.8 Å². The lowest BCUT2D eigenvalue weighted by Gasteiger charge is -2.25. The van der Waals surface area contributed by atoms with E-state index >= 15 is 0 Å². The molecule has 0 radical (unpaired) electrons. The first kappa shape index (κ1) is 21.5. The van der Waals surface area contributed by atoms with Crippen LogP contribution in [0.2, 0.25) is 0 Å². The lowest BCUT2D eigenvalue weighted by Crippen LogP contribution is -2.32. The van der Waals surface area contributed by atoms with Crippen LogP contribution in [0.15, 0.2) is 53.6 Å². The number of methoxy groups -OCH3 is 1. The highest BCUT2D eigenvalue weighted by molar-refractivity contribution is 7.89. The van der Waals surface area contributed by atoms with E-state index in [0.29, 0.717) is 30.9 Å². The standard InChI is InChI=1S/C23H26FN3O3S/c1-16-6-9-19(24)13-22(16)31(28,29)27-12-4-5-21(27)23-25-14-17(2)26(23)15-18-7-10-20(30-3)11-8-18/h6-11,13-14,21H,4-5,12,15H2,1-3H3. The van der Waals surface area contributed by atoms with Gasteiger partial charge in [-0.25, -0.2) is 17.8 Å². The van der Waals surface area contributed by atoms with Gasteiger partial charge in [-0.05, 0) is 62.1 Å². The van der Waals surface area contributed by atoms with Crippen molar-refractivity contribution in [1.82, 2.24) is 13.9 Å². The predicted octanol–water partition coefficient (Wildman–Crippen LogP) is 4.22. The number of imidazole rings is 1. The third-order valence-electron chi connectivity index (χ3n) is 5.82. The second-order valence-corrected chi connectivity index (χ2v) is 9.73. The van der Waals surface area contributed by atoms with Gasteiger partial charge < -0.3 is 9.30 Å². The van der Waals surface area contributed by atoms with Gasteiger partial charge in [0.1, 0.15) is 17.4 Å². The minimum absolute atomic E-state index is 0.0179. The van der Waals surface area contributed by atoms with Gasteiger partial charge in [0.05, 0.1) is 18.0 Å². The smallest absolute Gasteiger partial charge is 0.244 e. The molecule has 0 aliphatic carbocycles. The summed E-state index contributed by atoms with van der Waals surface area (Å²) >= 11 is 0. The molecule has 6 nitrogen and oxygen atoms in total. The maximum absolute atomic E-state index is 13.8.